The molecule has 1 aliphatic rings. The summed E-state index contributed by atoms with van der Waals surface area (Å²) in [4.78, 5) is 18.4. The Morgan fingerprint density at radius 3 is 2.91 bits per heavy atom. The van der Waals surface area contributed by atoms with Crippen molar-refractivity contribution < 1.29 is 28.5 Å². The van der Waals surface area contributed by atoms with E-state index < -0.39 is 6.10 Å². The molecule has 0 aliphatic carbocycles. The van der Waals surface area contributed by atoms with Gasteiger partial charge in [-0.1, -0.05) is 6.08 Å². The molecule has 0 spiro atoms. The first-order valence-electron chi connectivity index (χ1n) is 11.3. The lowest BCUT2D eigenvalue weighted by Gasteiger charge is -2.37. The monoisotopic (exact) mass is 492 g/mol. The van der Waals surface area contributed by atoms with E-state index in [2.05, 4.69) is 6.58 Å². The fourth-order valence-electron chi connectivity index (χ4n) is 3.96. The molecule has 2 heterocycles. The lowest BCUT2D eigenvalue weighted by molar-refractivity contribution is -0.136. The third kappa shape index (κ3) is 7.61. The van der Waals surface area contributed by atoms with E-state index in [-0.39, 0.29) is 37.5 Å². The molecule has 3 rings (SSSR count). The molecule has 186 valence electrons. The van der Waals surface area contributed by atoms with E-state index in [0.717, 1.165) is 12.0 Å². The van der Waals surface area contributed by atoms with Crippen LogP contribution >= 0.6 is 11.3 Å². The number of aliphatic hydroxyl groups excluding tert-OH is 1. The number of nitrogens with zero attached hydrogens (tertiary/aromatic N) is 2. The average Bonchev–Trinajstić information content (AvgIpc) is 3.31. The Morgan fingerprint density at radius 2 is 2.18 bits per heavy atom. The van der Waals surface area contributed by atoms with Gasteiger partial charge in [-0.05, 0) is 47.7 Å². The Hall–Kier alpha value is -2.30. The Morgan fingerprint density at radius 1 is 1.38 bits per heavy atom. The van der Waals surface area contributed by atoms with Crippen molar-refractivity contribution >= 4 is 17.2 Å². The second kappa shape index (κ2) is 13.6. The predicted octanol–water partition coefficient (Wildman–Crippen LogP) is 2.90. The summed E-state index contributed by atoms with van der Waals surface area (Å²) in [5, 5.41) is 12.4. The highest BCUT2D eigenvalue weighted by Gasteiger charge is 2.33. The third-order valence-electron chi connectivity index (χ3n) is 5.62. The third-order valence-corrected chi connectivity index (χ3v) is 6.62. The van der Waals surface area contributed by atoms with Gasteiger partial charge in [0, 0.05) is 31.6 Å². The molecule has 0 saturated heterocycles. The molecule has 2 aromatic rings. The van der Waals surface area contributed by atoms with Gasteiger partial charge < -0.3 is 24.2 Å². The maximum absolute atomic E-state index is 13.4. The van der Waals surface area contributed by atoms with E-state index in [1.807, 2.05) is 21.2 Å². The van der Waals surface area contributed by atoms with Crippen molar-refractivity contribution in [2.75, 3.05) is 59.7 Å². The summed E-state index contributed by atoms with van der Waals surface area (Å²) < 4.78 is 29.7. The summed E-state index contributed by atoms with van der Waals surface area (Å²) in [6.45, 7) is 6.38. The van der Waals surface area contributed by atoms with Crippen LogP contribution in [0.2, 0.25) is 0 Å². The second-order valence-corrected chi connectivity index (χ2v) is 9.13. The zero-order valence-electron chi connectivity index (χ0n) is 19.5. The predicted molar refractivity (Wildman–Crippen MR) is 130 cm³/mol. The van der Waals surface area contributed by atoms with E-state index in [4.69, 9.17) is 14.2 Å². The van der Waals surface area contributed by atoms with Crippen LogP contribution in [0.1, 0.15) is 16.5 Å². The summed E-state index contributed by atoms with van der Waals surface area (Å²) in [6.07, 6.45) is 1.69. The number of thiophene rings is 1. The zero-order chi connectivity index (χ0) is 24.3. The molecular weight excluding hydrogens is 459 g/mol. The van der Waals surface area contributed by atoms with Crippen LogP contribution in [0.15, 0.2) is 48.4 Å². The smallest absolute Gasteiger partial charge is 0.237 e. The summed E-state index contributed by atoms with van der Waals surface area (Å²) in [7, 11) is 1.61. The maximum atomic E-state index is 13.4. The summed E-state index contributed by atoms with van der Waals surface area (Å²) in [5.74, 6) is 0.190. The Labute approximate surface area is 204 Å². The van der Waals surface area contributed by atoms with Gasteiger partial charge in [0.1, 0.15) is 18.2 Å². The van der Waals surface area contributed by atoms with Crippen LogP contribution in [0, 0.1) is 5.82 Å². The number of benzene rings is 1. The summed E-state index contributed by atoms with van der Waals surface area (Å²) in [6, 6.07) is 7.68. The van der Waals surface area contributed by atoms with Gasteiger partial charge >= 0.3 is 0 Å². The van der Waals surface area contributed by atoms with Gasteiger partial charge in [-0.3, -0.25) is 9.69 Å². The number of carbonyl (C=O) groups is 1. The Balaban J connectivity index is 1.67. The second-order valence-electron chi connectivity index (χ2n) is 8.12. The van der Waals surface area contributed by atoms with Crippen molar-refractivity contribution in [1.82, 2.24) is 9.80 Å². The molecule has 0 radical (unpaired) electrons. The lowest BCUT2D eigenvalue weighted by Crippen LogP contribution is -2.48. The lowest BCUT2D eigenvalue weighted by atomic mass is 10.0. The van der Waals surface area contributed by atoms with Crippen LogP contribution in [-0.2, 0) is 20.7 Å². The number of hydrogen-bond acceptors (Lipinski definition) is 7. The minimum absolute atomic E-state index is 0.0418. The molecule has 1 aromatic carbocycles. The molecule has 1 amide bonds. The number of amides is 1. The fraction of sp³-hybridized carbons (Fsp3) is 0.480. The number of halogens is 1. The first kappa shape index (κ1) is 26.3. The van der Waals surface area contributed by atoms with E-state index >= 15 is 0 Å². The van der Waals surface area contributed by atoms with Crippen molar-refractivity contribution in [2.24, 2.45) is 0 Å². The molecule has 1 aliphatic heterocycles. The van der Waals surface area contributed by atoms with Crippen molar-refractivity contribution in [2.45, 2.75) is 18.6 Å². The van der Waals surface area contributed by atoms with Gasteiger partial charge in [0.25, 0.3) is 0 Å². The molecule has 0 fully saturated rings. The molecule has 0 unspecified atom stereocenters. The molecule has 34 heavy (non-hydrogen) atoms. The van der Waals surface area contributed by atoms with Gasteiger partial charge in [0.05, 0.1) is 38.5 Å². The molecule has 0 saturated carbocycles. The van der Waals surface area contributed by atoms with Crippen molar-refractivity contribution in [3.63, 3.8) is 0 Å². The van der Waals surface area contributed by atoms with Crippen LogP contribution < -0.4 is 4.74 Å². The molecular formula is C25H33FN2O5S. The van der Waals surface area contributed by atoms with Gasteiger partial charge in [-0.2, -0.15) is 0 Å². The van der Waals surface area contributed by atoms with Crippen molar-refractivity contribution in [1.29, 1.82) is 0 Å². The SMILES string of the molecule is C=CCOC[C@H](O)CN(CCOC)CC(=O)N1CCc2sccc2[C@H]1COc1ccc(F)cc1. The largest absolute Gasteiger partial charge is 0.491 e. The fourth-order valence-corrected chi connectivity index (χ4v) is 4.88. The topological polar surface area (TPSA) is 71.5 Å². The zero-order valence-corrected chi connectivity index (χ0v) is 20.3. The standard InChI is InChI=1S/C25H33FN2O5S/c1-3-12-32-17-20(29)15-27(11-13-31-2)16-25(30)28-10-8-24-22(9-14-34-24)23(28)18-33-21-6-4-19(26)5-7-21/h3-7,9,14,20,23,29H,1,8,10-13,15-18H2,2H3/t20-,23-/m1/s1. The first-order valence-corrected chi connectivity index (χ1v) is 12.2. The van der Waals surface area contributed by atoms with Crippen LogP contribution in [0.3, 0.4) is 0 Å². The minimum atomic E-state index is -0.730. The molecule has 1 aromatic heterocycles. The van der Waals surface area contributed by atoms with E-state index in [1.54, 1.807) is 36.7 Å². The molecule has 7 nitrogen and oxygen atoms in total. The quantitative estimate of drug-likeness (QED) is 0.323. The number of aliphatic hydroxyl groups is 1. The number of fused-ring (bicyclic) bond motifs is 1. The van der Waals surface area contributed by atoms with Crippen molar-refractivity contribution in [3.8, 4) is 5.75 Å². The van der Waals surface area contributed by atoms with Gasteiger partial charge in [-0.15, -0.1) is 17.9 Å². The maximum Gasteiger partial charge on any atom is 0.237 e. The average molecular weight is 493 g/mol. The highest BCUT2D eigenvalue weighted by molar-refractivity contribution is 7.10. The van der Waals surface area contributed by atoms with Crippen LogP contribution in [0.25, 0.3) is 0 Å². The highest BCUT2D eigenvalue weighted by atomic mass is 32.1. The summed E-state index contributed by atoms with van der Waals surface area (Å²) >= 11 is 1.69. The van der Waals surface area contributed by atoms with Crippen molar-refractivity contribution in [3.05, 3.63) is 64.6 Å². The van der Waals surface area contributed by atoms with E-state index in [9.17, 15) is 14.3 Å². The van der Waals surface area contributed by atoms with Gasteiger partial charge in [0.2, 0.25) is 5.91 Å². The van der Waals surface area contributed by atoms with Gasteiger partial charge in [-0.25, -0.2) is 4.39 Å². The number of hydrogen-bond donors (Lipinski definition) is 1. The highest BCUT2D eigenvalue weighted by Crippen LogP contribution is 2.34. The van der Waals surface area contributed by atoms with Gasteiger partial charge in [0.15, 0.2) is 0 Å². The van der Waals surface area contributed by atoms with Crippen LogP contribution in [0.5, 0.6) is 5.75 Å². The molecule has 9 heteroatoms. The van der Waals surface area contributed by atoms with E-state index in [0.29, 0.717) is 38.6 Å². The van der Waals surface area contributed by atoms with E-state index in [1.165, 1.54) is 17.0 Å². The summed E-state index contributed by atoms with van der Waals surface area (Å²) in [5.41, 5.74) is 1.09. The number of ether oxygens (including phenoxy) is 3. The first-order chi connectivity index (χ1) is 16.5. The Kier molecular flexibility index (Phi) is 10.5. The normalized spacial score (nSPS) is 16.4. The molecule has 0 bridgehead atoms. The Bertz CT molecular complexity index is 907. The number of carbonyl (C=O) groups excluding carboxylic acids is 1. The number of rotatable bonds is 14. The minimum Gasteiger partial charge on any atom is -0.491 e. The molecule has 1 N–H and O–H groups in total. The van der Waals surface area contributed by atoms with Crippen LogP contribution in [-0.4, -0.2) is 86.6 Å². The number of methoxy groups -OCH3 is 1. The van der Waals surface area contributed by atoms with Crippen LogP contribution in [0.4, 0.5) is 4.39 Å². The molecule has 2 atom stereocenters.